The Labute approximate surface area is 165 Å². The largest absolute Gasteiger partial charge is 0.487 e. The van der Waals surface area contributed by atoms with E-state index in [0.29, 0.717) is 41.3 Å². The molecule has 0 radical (unpaired) electrons. The third-order valence-corrected chi connectivity index (χ3v) is 5.32. The maximum Gasteiger partial charge on any atom is 0.224 e. The summed E-state index contributed by atoms with van der Waals surface area (Å²) >= 11 is 6.31. The van der Waals surface area contributed by atoms with Gasteiger partial charge in [-0.2, -0.15) is 0 Å². The van der Waals surface area contributed by atoms with Gasteiger partial charge in [0.05, 0.1) is 5.02 Å². The quantitative estimate of drug-likeness (QED) is 0.744. The Hall–Kier alpha value is -2.11. The van der Waals surface area contributed by atoms with Crippen molar-refractivity contribution >= 4 is 23.2 Å². The van der Waals surface area contributed by atoms with Crippen LogP contribution in [0.25, 0.3) is 0 Å². The number of ether oxygens (including phenoxy) is 1. The highest BCUT2D eigenvalue weighted by Gasteiger charge is 2.22. The maximum atomic E-state index is 12.4. The lowest BCUT2D eigenvalue weighted by molar-refractivity contribution is -0.117. The van der Waals surface area contributed by atoms with Crippen LogP contribution in [0.1, 0.15) is 31.7 Å². The summed E-state index contributed by atoms with van der Waals surface area (Å²) in [6, 6.07) is 9.14. The molecule has 0 saturated carbocycles. The monoisotopic (exact) mass is 387 g/mol. The molecule has 5 nitrogen and oxygen atoms in total. The number of amides is 1. The summed E-state index contributed by atoms with van der Waals surface area (Å²) in [6.45, 7) is 4.66. The van der Waals surface area contributed by atoms with E-state index < -0.39 is 0 Å². The number of anilines is 1. The zero-order valence-corrected chi connectivity index (χ0v) is 16.3. The first-order chi connectivity index (χ1) is 13.1. The second-order valence-corrected chi connectivity index (χ2v) is 7.52. The fourth-order valence-corrected chi connectivity index (χ4v) is 3.66. The molecule has 1 saturated heterocycles. The highest BCUT2D eigenvalue weighted by Crippen LogP contribution is 2.29. The first-order valence-corrected chi connectivity index (χ1v) is 9.81. The van der Waals surface area contributed by atoms with Crippen molar-refractivity contribution in [3.8, 4) is 5.75 Å². The van der Waals surface area contributed by atoms with Gasteiger partial charge in [-0.3, -0.25) is 9.78 Å². The van der Waals surface area contributed by atoms with Crippen LogP contribution in [0.15, 0.2) is 42.7 Å². The number of carbonyl (C=O) groups is 1. The number of nitrogens with zero attached hydrogens (tertiary/aromatic N) is 1. The number of carbonyl (C=O) groups excluding carboxylic acids is 1. The Balaban J connectivity index is 1.51. The summed E-state index contributed by atoms with van der Waals surface area (Å²) in [7, 11) is 0. The van der Waals surface area contributed by atoms with Crippen molar-refractivity contribution in [3.05, 3.63) is 53.3 Å². The van der Waals surface area contributed by atoms with Gasteiger partial charge in [-0.05, 0) is 62.0 Å². The average molecular weight is 388 g/mol. The Bertz CT molecular complexity index is 748. The van der Waals surface area contributed by atoms with Crippen LogP contribution in [0.5, 0.6) is 5.75 Å². The minimum Gasteiger partial charge on any atom is -0.487 e. The molecule has 1 unspecified atom stereocenters. The summed E-state index contributed by atoms with van der Waals surface area (Å²) < 4.78 is 5.74. The lowest BCUT2D eigenvalue weighted by Gasteiger charge is -2.27. The topological polar surface area (TPSA) is 63.2 Å². The highest BCUT2D eigenvalue weighted by atomic mass is 35.5. The van der Waals surface area contributed by atoms with E-state index in [4.69, 9.17) is 16.3 Å². The molecular weight excluding hydrogens is 362 g/mol. The molecule has 2 aromatic rings. The van der Waals surface area contributed by atoms with Gasteiger partial charge < -0.3 is 15.4 Å². The third-order valence-electron chi connectivity index (χ3n) is 5.03. The molecule has 144 valence electrons. The molecule has 27 heavy (non-hydrogen) atoms. The van der Waals surface area contributed by atoms with E-state index in [2.05, 4.69) is 22.5 Å². The smallest absolute Gasteiger partial charge is 0.224 e. The van der Waals surface area contributed by atoms with Crippen LogP contribution in [-0.4, -0.2) is 24.0 Å². The summed E-state index contributed by atoms with van der Waals surface area (Å²) in [4.78, 5) is 16.4. The van der Waals surface area contributed by atoms with Gasteiger partial charge >= 0.3 is 0 Å². The molecule has 0 aliphatic carbocycles. The first-order valence-electron chi connectivity index (χ1n) is 9.43. The molecular formula is C21H26ClN3O2. The number of piperidine rings is 1. The summed E-state index contributed by atoms with van der Waals surface area (Å²) in [5.41, 5.74) is 1.66. The van der Waals surface area contributed by atoms with Crippen molar-refractivity contribution in [3.63, 3.8) is 0 Å². The molecule has 1 amide bonds. The van der Waals surface area contributed by atoms with E-state index in [0.717, 1.165) is 31.5 Å². The SMILES string of the molecule is CC(CC(=O)Nc1ccc(OCc2cccnc2)c(Cl)c1)C1CCNCC1. The lowest BCUT2D eigenvalue weighted by Crippen LogP contribution is -2.32. The van der Waals surface area contributed by atoms with Crippen LogP contribution < -0.4 is 15.4 Å². The number of hydrogen-bond donors (Lipinski definition) is 2. The molecule has 1 aliphatic rings. The molecule has 1 fully saturated rings. The Morgan fingerprint density at radius 1 is 1.37 bits per heavy atom. The number of rotatable bonds is 7. The standard InChI is InChI=1S/C21H26ClN3O2/c1-15(17-6-9-23-10-7-17)11-21(26)25-18-4-5-20(19(22)12-18)27-14-16-3-2-8-24-13-16/h2-5,8,12-13,15,17,23H,6-7,9-11,14H2,1H3,(H,25,26). The highest BCUT2D eigenvalue weighted by molar-refractivity contribution is 6.32. The van der Waals surface area contributed by atoms with E-state index in [1.165, 1.54) is 0 Å². The van der Waals surface area contributed by atoms with Crippen LogP contribution in [0.2, 0.25) is 5.02 Å². The third kappa shape index (κ3) is 5.94. The van der Waals surface area contributed by atoms with Crippen molar-refractivity contribution in [2.75, 3.05) is 18.4 Å². The predicted molar refractivity (Wildman–Crippen MR) is 108 cm³/mol. The van der Waals surface area contributed by atoms with Gasteiger partial charge in [0.2, 0.25) is 5.91 Å². The fraction of sp³-hybridized carbons (Fsp3) is 0.429. The normalized spacial score (nSPS) is 15.9. The second-order valence-electron chi connectivity index (χ2n) is 7.11. The van der Waals surface area contributed by atoms with Crippen LogP contribution in [0, 0.1) is 11.8 Å². The Morgan fingerprint density at radius 3 is 2.89 bits per heavy atom. The van der Waals surface area contributed by atoms with Crippen molar-refractivity contribution in [1.29, 1.82) is 0 Å². The van der Waals surface area contributed by atoms with Crippen LogP contribution >= 0.6 is 11.6 Å². The van der Waals surface area contributed by atoms with Crippen molar-refractivity contribution in [2.24, 2.45) is 11.8 Å². The minimum atomic E-state index is 0.0288. The minimum absolute atomic E-state index is 0.0288. The van der Waals surface area contributed by atoms with Gasteiger partial charge in [-0.15, -0.1) is 0 Å². The second kappa shape index (κ2) is 9.72. The molecule has 3 rings (SSSR count). The summed E-state index contributed by atoms with van der Waals surface area (Å²) in [5, 5.41) is 6.79. The van der Waals surface area contributed by atoms with Crippen molar-refractivity contribution in [1.82, 2.24) is 10.3 Å². The van der Waals surface area contributed by atoms with Crippen LogP contribution in [-0.2, 0) is 11.4 Å². The van der Waals surface area contributed by atoms with Gasteiger partial charge in [-0.1, -0.05) is 24.6 Å². The van der Waals surface area contributed by atoms with E-state index in [-0.39, 0.29) is 5.91 Å². The molecule has 1 aromatic heterocycles. The van der Waals surface area contributed by atoms with E-state index in [9.17, 15) is 4.79 Å². The maximum absolute atomic E-state index is 12.4. The number of halogens is 1. The number of aromatic nitrogens is 1. The molecule has 0 spiro atoms. The Morgan fingerprint density at radius 2 is 2.19 bits per heavy atom. The predicted octanol–water partition coefficient (Wildman–Crippen LogP) is 4.28. The molecule has 2 N–H and O–H groups in total. The fourth-order valence-electron chi connectivity index (χ4n) is 3.42. The average Bonchev–Trinajstić information content (AvgIpc) is 2.68. The molecule has 1 atom stereocenters. The van der Waals surface area contributed by atoms with E-state index in [1.807, 2.05) is 18.2 Å². The molecule has 0 bridgehead atoms. The number of benzene rings is 1. The van der Waals surface area contributed by atoms with Crippen molar-refractivity contribution in [2.45, 2.75) is 32.8 Å². The summed E-state index contributed by atoms with van der Waals surface area (Å²) in [5.74, 6) is 1.61. The summed E-state index contributed by atoms with van der Waals surface area (Å²) in [6.07, 6.45) is 6.29. The number of nitrogens with one attached hydrogen (secondary N) is 2. The number of hydrogen-bond acceptors (Lipinski definition) is 4. The Kier molecular flexibility index (Phi) is 7.07. The number of pyridine rings is 1. The van der Waals surface area contributed by atoms with Gasteiger partial charge in [0.1, 0.15) is 12.4 Å². The molecule has 1 aliphatic heterocycles. The molecule has 2 heterocycles. The lowest BCUT2D eigenvalue weighted by atomic mass is 9.84. The van der Waals surface area contributed by atoms with E-state index in [1.54, 1.807) is 24.5 Å². The van der Waals surface area contributed by atoms with Gasteiger partial charge in [0, 0.05) is 30.1 Å². The van der Waals surface area contributed by atoms with Gasteiger partial charge in [0.25, 0.3) is 0 Å². The zero-order chi connectivity index (χ0) is 19.1. The van der Waals surface area contributed by atoms with Gasteiger partial charge in [-0.25, -0.2) is 0 Å². The molecule has 1 aromatic carbocycles. The van der Waals surface area contributed by atoms with Gasteiger partial charge in [0.15, 0.2) is 0 Å². The van der Waals surface area contributed by atoms with Crippen LogP contribution in [0.4, 0.5) is 5.69 Å². The first kappa shape index (κ1) is 19.6. The van der Waals surface area contributed by atoms with E-state index >= 15 is 0 Å². The zero-order valence-electron chi connectivity index (χ0n) is 15.6. The molecule has 6 heteroatoms. The van der Waals surface area contributed by atoms with Crippen molar-refractivity contribution < 1.29 is 9.53 Å². The van der Waals surface area contributed by atoms with Crippen LogP contribution in [0.3, 0.4) is 0 Å².